The molecule has 1 aromatic heterocycles. The summed E-state index contributed by atoms with van der Waals surface area (Å²) in [5.74, 6) is -0.628. The van der Waals surface area contributed by atoms with Crippen LogP contribution in [0, 0.1) is 18.6 Å². The first-order valence-corrected chi connectivity index (χ1v) is 10.5. The number of sulfonamides is 1. The van der Waals surface area contributed by atoms with Gasteiger partial charge in [-0.2, -0.15) is 9.29 Å². The molecule has 0 saturated carbocycles. The Labute approximate surface area is 163 Å². The minimum Gasteiger partial charge on any atom is -0.363 e. The van der Waals surface area contributed by atoms with Gasteiger partial charge in [0.15, 0.2) is 0 Å². The van der Waals surface area contributed by atoms with Crippen LogP contribution >= 0.6 is 0 Å². The van der Waals surface area contributed by atoms with Crippen LogP contribution in [-0.4, -0.2) is 63.0 Å². The van der Waals surface area contributed by atoms with Gasteiger partial charge in [-0.25, -0.2) is 22.2 Å². The highest BCUT2D eigenvalue weighted by Crippen LogP contribution is 2.20. The molecular weight excluding hydrogens is 388 g/mol. The number of halogens is 2. The van der Waals surface area contributed by atoms with Crippen molar-refractivity contribution in [2.45, 2.75) is 12.7 Å². The van der Waals surface area contributed by atoms with E-state index in [1.54, 1.807) is 0 Å². The molecule has 28 heavy (non-hydrogen) atoms. The Morgan fingerprint density at radius 2 is 1.75 bits per heavy atom. The van der Waals surface area contributed by atoms with E-state index in [1.165, 1.54) is 4.31 Å². The van der Waals surface area contributed by atoms with E-state index in [-0.39, 0.29) is 18.7 Å². The van der Waals surface area contributed by atoms with Crippen LogP contribution in [0.3, 0.4) is 0 Å². The third-order valence-corrected chi connectivity index (χ3v) is 6.38. The number of hydrogen-bond acceptors (Lipinski definition) is 6. The van der Waals surface area contributed by atoms with Gasteiger partial charge in [0.05, 0.1) is 5.75 Å². The molecule has 0 atom stereocenters. The average Bonchev–Trinajstić information content (AvgIpc) is 2.64. The van der Waals surface area contributed by atoms with Crippen LogP contribution in [0.5, 0.6) is 0 Å². The Hall–Kier alpha value is -2.33. The van der Waals surface area contributed by atoms with Gasteiger partial charge in [-0.3, -0.25) is 0 Å². The first kappa shape index (κ1) is 20.4. The molecule has 1 aliphatic rings. The number of anilines is 2. The summed E-state index contributed by atoms with van der Waals surface area (Å²) in [5, 5.41) is 0. The maximum Gasteiger partial charge on any atom is 0.227 e. The standard InChI is InChI=1S/C18H23F2N5O2S/c1-13-10-17(23(2)3)22-18(21-13)24-6-8-25(9-7-24)28(26,27)12-14-11-15(19)4-5-16(14)20/h4-5,10-11H,6-9,12H2,1-3H3. The van der Waals surface area contributed by atoms with Gasteiger partial charge in [-0.05, 0) is 25.1 Å². The number of hydrogen-bond donors (Lipinski definition) is 0. The fourth-order valence-corrected chi connectivity index (χ4v) is 4.53. The van der Waals surface area contributed by atoms with Crippen LogP contribution in [0.2, 0.25) is 0 Å². The van der Waals surface area contributed by atoms with Gasteiger partial charge in [-0.15, -0.1) is 0 Å². The number of rotatable bonds is 5. The SMILES string of the molecule is Cc1cc(N(C)C)nc(N2CCN(S(=O)(=O)Cc3cc(F)ccc3F)CC2)n1. The van der Waals surface area contributed by atoms with Gasteiger partial charge in [0.2, 0.25) is 16.0 Å². The predicted molar refractivity (Wildman–Crippen MR) is 104 cm³/mol. The van der Waals surface area contributed by atoms with Gasteiger partial charge >= 0.3 is 0 Å². The summed E-state index contributed by atoms with van der Waals surface area (Å²) in [4.78, 5) is 12.8. The average molecular weight is 411 g/mol. The first-order chi connectivity index (χ1) is 13.2. The zero-order valence-electron chi connectivity index (χ0n) is 16.1. The van der Waals surface area contributed by atoms with Crippen molar-refractivity contribution < 1.29 is 17.2 Å². The molecule has 2 heterocycles. The monoisotopic (exact) mass is 411 g/mol. The number of aryl methyl sites for hydroxylation is 1. The Balaban J connectivity index is 1.70. The van der Waals surface area contributed by atoms with E-state index >= 15 is 0 Å². The summed E-state index contributed by atoms with van der Waals surface area (Å²) in [6.45, 7) is 3.18. The second-order valence-electron chi connectivity index (χ2n) is 6.94. The van der Waals surface area contributed by atoms with Crippen molar-refractivity contribution in [3.63, 3.8) is 0 Å². The summed E-state index contributed by atoms with van der Waals surface area (Å²) >= 11 is 0. The van der Waals surface area contributed by atoms with Crippen LogP contribution < -0.4 is 9.80 Å². The van der Waals surface area contributed by atoms with E-state index in [2.05, 4.69) is 9.97 Å². The van der Waals surface area contributed by atoms with Crippen molar-refractivity contribution in [1.82, 2.24) is 14.3 Å². The lowest BCUT2D eigenvalue weighted by molar-refractivity contribution is 0.381. The minimum atomic E-state index is -3.76. The molecule has 3 rings (SSSR count). The second-order valence-corrected chi connectivity index (χ2v) is 8.91. The van der Waals surface area contributed by atoms with Gasteiger partial charge in [0, 0.05) is 57.6 Å². The molecule has 0 N–H and O–H groups in total. The number of benzene rings is 1. The predicted octanol–water partition coefficient (Wildman–Crippen LogP) is 1.78. The van der Waals surface area contributed by atoms with Gasteiger partial charge in [-0.1, -0.05) is 0 Å². The fourth-order valence-electron chi connectivity index (χ4n) is 3.02. The third-order valence-electron chi connectivity index (χ3n) is 4.55. The van der Waals surface area contributed by atoms with Gasteiger partial charge in [0.25, 0.3) is 0 Å². The molecule has 0 spiro atoms. The number of aromatic nitrogens is 2. The third kappa shape index (κ3) is 4.56. The van der Waals surface area contributed by atoms with Crippen LogP contribution in [-0.2, 0) is 15.8 Å². The number of piperazine rings is 1. The first-order valence-electron chi connectivity index (χ1n) is 8.85. The summed E-state index contributed by atoms with van der Waals surface area (Å²) in [6.07, 6.45) is 0. The lowest BCUT2D eigenvalue weighted by Crippen LogP contribution is -2.49. The summed E-state index contributed by atoms with van der Waals surface area (Å²) in [5.41, 5.74) is 0.658. The second kappa shape index (κ2) is 7.96. The van der Waals surface area contributed by atoms with Crippen molar-refractivity contribution in [2.75, 3.05) is 50.1 Å². The van der Waals surface area contributed by atoms with E-state index in [0.29, 0.717) is 19.0 Å². The highest BCUT2D eigenvalue weighted by atomic mass is 32.2. The molecule has 1 fully saturated rings. The summed E-state index contributed by atoms with van der Waals surface area (Å²) < 4.78 is 53.7. The molecule has 0 amide bonds. The summed E-state index contributed by atoms with van der Waals surface area (Å²) in [7, 11) is 0.0209. The number of nitrogens with zero attached hydrogens (tertiary/aromatic N) is 5. The molecule has 0 unspecified atom stereocenters. The highest BCUT2D eigenvalue weighted by molar-refractivity contribution is 7.88. The quantitative estimate of drug-likeness (QED) is 0.747. The molecule has 10 heteroatoms. The van der Waals surface area contributed by atoms with E-state index in [1.807, 2.05) is 36.9 Å². The molecule has 0 radical (unpaired) electrons. The normalized spacial score (nSPS) is 15.7. The zero-order chi connectivity index (χ0) is 20.5. The Morgan fingerprint density at radius 3 is 2.39 bits per heavy atom. The smallest absolute Gasteiger partial charge is 0.227 e. The van der Waals surface area contributed by atoms with E-state index in [0.717, 1.165) is 29.7 Å². The lowest BCUT2D eigenvalue weighted by atomic mass is 10.2. The lowest BCUT2D eigenvalue weighted by Gasteiger charge is -2.34. The fraction of sp³-hybridized carbons (Fsp3) is 0.444. The van der Waals surface area contributed by atoms with E-state index in [9.17, 15) is 17.2 Å². The van der Waals surface area contributed by atoms with E-state index < -0.39 is 27.4 Å². The van der Waals surface area contributed by atoms with Crippen LogP contribution in [0.1, 0.15) is 11.3 Å². The van der Waals surface area contributed by atoms with Crippen LogP contribution in [0.25, 0.3) is 0 Å². The van der Waals surface area contributed by atoms with E-state index in [4.69, 9.17) is 0 Å². The molecule has 1 saturated heterocycles. The molecule has 7 nitrogen and oxygen atoms in total. The summed E-state index contributed by atoms with van der Waals surface area (Å²) in [6, 6.07) is 4.70. The molecule has 152 valence electrons. The Kier molecular flexibility index (Phi) is 5.80. The molecule has 2 aromatic rings. The van der Waals surface area contributed by atoms with Gasteiger partial charge in [0.1, 0.15) is 17.5 Å². The molecular formula is C18H23F2N5O2S. The van der Waals surface area contributed by atoms with Crippen LogP contribution in [0.4, 0.5) is 20.5 Å². The van der Waals surface area contributed by atoms with Crippen molar-refractivity contribution >= 4 is 21.8 Å². The molecule has 0 aliphatic carbocycles. The molecule has 1 aromatic carbocycles. The topological polar surface area (TPSA) is 69.6 Å². The van der Waals surface area contributed by atoms with Gasteiger partial charge < -0.3 is 9.80 Å². The Bertz CT molecular complexity index is 960. The highest BCUT2D eigenvalue weighted by Gasteiger charge is 2.29. The van der Waals surface area contributed by atoms with Crippen molar-refractivity contribution in [1.29, 1.82) is 0 Å². The molecule has 0 bridgehead atoms. The maximum atomic E-state index is 13.8. The minimum absolute atomic E-state index is 0.167. The van der Waals surface area contributed by atoms with Crippen molar-refractivity contribution in [2.24, 2.45) is 0 Å². The van der Waals surface area contributed by atoms with Crippen LogP contribution in [0.15, 0.2) is 24.3 Å². The van der Waals surface area contributed by atoms with Crippen molar-refractivity contribution in [3.05, 3.63) is 47.2 Å². The molecule has 1 aliphatic heterocycles. The maximum absolute atomic E-state index is 13.8. The zero-order valence-corrected chi connectivity index (χ0v) is 16.9. The Morgan fingerprint density at radius 1 is 1.07 bits per heavy atom. The largest absolute Gasteiger partial charge is 0.363 e. The van der Waals surface area contributed by atoms with Crippen molar-refractivity contribution in [3.8, 4) is 0 Å².